The maximum Gasteiger partial charge on any atom is 0.401 e. The van der Waals surface area contributed by atoms with Crippen LogP contribution >= 0.6 is 0 Å². The molecule has 3 aromatic carbocycles. The Morgan fingerprint density at radius 2 is 1.42 bits per heavy atom. The molecule has 0 saturated heterocycles. The number of hydrogen-bond acceptors (Lipinski definition) is 4. The van der Waals surface area contributed by atoms with E-state index in [2.05, 4.69) is 16.0 Å². The minimum atomic E-state index is -4.46. The molecular formula is C34H38F3N3O3. The lowest BCUT2D eigenvalue weighted by Crippen LogP contribution is -2.51. The van der Waals surface area contributed by atoms with Crippen molar-refractivity contribution in [2.45, 2.75) is 68.8 Å². The number of rotatable bonds is 11. The van der Waals surface area contributed by atoms with Gasteiger partial charge in [0.25, 0.3) is 5.91 Å². The van der Waals surface area contributed by atoms with Gasteiger partial charge in [-0.3, -0.25) is 14.9 Å². The molecule has 9 heteroatoms. The van der Waals surface area contributed by atoms with Gasteiger partial charge in [-0.1, -0.05) is 73.2 Å². The SMILES string of the molecule is O=C(NC1CCC(C(=O)NCCCCC2(C(O)NCC(F)(F)F)c3ccccc3-c3ccccc32)CC1)c1ccccc1. The summed E-state index contributed by atoms with van der Waals surface area (Å²) in [7, 11) is 0. The third-order valence-electron chi connectivity index (χ3n) is 8.83. The van der Waals surface area contributed by atoms with Crippen LogP contribution in [0, 0.1) is 5.92 Å². The van der Waals surface area contributed by atoms with Gasteiger partial charge in [0.05, 0.1) is 12.0 Å². The Balaban J connectivity index is 1.15. The molecule has 1 fully saturated rings. The largest absolute Gasteiger partial charge is 0.401 e. The fraction of sp³-hybridized carbons (Fsp3) is 0.412. The van der Waals surface area contributed by atoms with Crippen LogP contribution in [-0.4, -0.2) is 48.5 Å². The standard InChI is InChI=1S/C34H38F3N3O3/c35-34(36,37)22-39-32(43)33(28-14-6-4-12-26(28)27-13-5-7-15-29(27)33)20-8-9-21-38-30(41)24-16-18-25(19-17-24)40-31(42)23-10-2-1-3-11-23/h1-7,10-15,24-25,32,39,43H,8-9,16-22H2,(H,38,41)(H,40,42). The first-order chi connectivity index (χ1) is 20.7. The lowest BCUT2D eigenvalue weighted by atomic mass is 9.72. The van der Waals surface area contributed by atoms with Crippen molar-refractivity contribution < 1.29 is 27.9 Å². The average molecular weight is 594 g/mol. The molecule has 2 amide bonds. The minimum Gasteiger partial charge on any atom is -0.377 e. The zero-order chi connectivity index (χ0) is 30.5. The quantitative estimate of drug-likeness (QED) is 0.170. The molecule has 0 bridgehead atoms. The highest BCUT2D eigenvalue weighted by atomic mass is 19.4. The summed E-state index contributed by atoms with van der Waals surface area (Å²) in [5.41, 5.74) is 3.00. The molecule has 4 N–H and O–H groups in total. The molecule has 1 saturated carbocycles. The number of nitrogens with one attached hydrogen (secondary N) is 3. The first-order valence-corrected chi connectivity index (χ1v) is 15.0. The monoisotopic (exact) mass is 593 g/mol. The molecule has 5 rings (SSSR count). The van der Waals surface area contributed by atoms with Gasteiger partial charge in [-0.05, 0) is 72.9 Å². The molecule has 0 spiro atoms. The second-order valence-corrected chi connectivity index (χ2v) is 11.6. The number of amides is 2. The maximum atomic E-state index is 13.1. The normalized spacial score (nSPS) is 19.6. The predicted molar refractivity (Wildman–Crippen MR) is 159 cm³/mol. The smallest absolute Gasteiger partial charge is 0.377 e. The van der Waals surface area contributed by atoms with Gasteiger partial charge in [0.2, 0.25) is 5.91 Å². The highest BCUT2D eigenvalue weighted by Gasteiger charge is 2.48. The molecule has 0 heterocycles. The number of fused-ring (bicyclic) bond motifs is 3. The number of benzene rings is 3. The number of halogens is 3. The highest BCUT2D eigenvalue weighted by molar-refractivity contribution is 5.94. The van der Waals surface area contributed by atoms with Crippen LogP contribution in [0.25, 0.3) is 11.1 Å². The van der Waals surface area contributed by atoms with Crippen LogP contribution in [0.5, 0.6) is 0 Å². The fourth-order valence-electron chi connectivity index (χ4n) is 6.69. The Hall–Kier alpha value is -3.69. The zero-order valence-corrected chi connectivity index (χ0v) is 24.0. The second-order valence-electron chi connectivity index (χ2n) is 11.6. The van der Waals surface area contributed by atoms with Gasteiger partial charge < -0.3 is 15.7 Å². The Kier molecular flexibility index (Phi) is 9.52. The number of carbonyl (C=O) groups is 2. The van der Waals surface area contributed by atoms with E-state index in [4.69, 9.17) is 0 Å². The van der Waals surface area contributed by atoms with Crippen molar-refractivity contribution in [3.63, 3.8) is 0 Å². The van der Waals surface area contributed by atoms with Gasteiger partial charge in [-0.2, -0.15) is 13.2 Å². The van der Waals surface area contributed by atoms with Crippen LogP contribution in [0.2, 0.25) is 0 Å². The highest BCUT2D eigenvalue weighted by Crippen LogP contribution is 2.52. The lowest BCUT2D eigenvalue weighted by molar-refractivity contribution is -0.133. The van der Waals surface area contributed by atoms with Crippen molar-refractivity contribution in [3.8, 4) is 11.1 Å². The van der Waals surface area contributed by atoms with Gasteiger partial charge >= 0.3 is 6.18 Å². The number of unbranched alkanes of at least 4 members (excludes halogenated alkanes) is 1. The van der Waals surface area contributed by atoms with Crippen molar-refractivity contribution in [1.29, 1.82) is 0 Å². The molecule has 43 heavy (non-hydrogen) atoms. The van der Waals surface area contributed by atoms with Crippen LogP contribution in [-0.2, 0) is 10.2 Å². The summed E-state index contributed by atoms with van der Waals surface area (Å²) in [5.74, 6) is -0.221. The van der Waals surface area contributed by atoms with E-state index in [-0.39, 0.29) is 23.8 Å². The van der Waals surface area contributed by atoms with E-state index < -0.39 is 24.4 Å². The summed E-state index contributed by atoms with van der Waals surface area (Å²) in [4.78, 5) is 25.3. The van der Waals surface area contributed by atoms with E-state index in [0.29, 0.717) is 44.2 Å². The Morgan fingerprint density at radius 3 is 2.02 bits per heavy atom. The van der Waals surface area contributed by atoms with Crippen molar-refractivity contribution in [3.05, 3.63) is 95.6 Å². The molecule has 2 aliphatic rings. The molecule has 2 aliphatic carbocycles. The summed E-state index contributed by atoms with van der Waals surface area (Å²) in [5, 5.41) is 19.8. The number of alkyl halides is 3. The maximum absolute atomic E-state index is 13.1. The van der Waals surface area contributed by atoms with Crippen LogP contribution in [0.3, 0.4) is 0 Å². The summed E-state index contributed by atoms with van der Waals surface area (Å²) in [6.07, 6.45) is -1.43. The van der Waals surface area contributed by atoms with Crippen LogP contribution in [0.15, 0.2) is 78.9 Å². The fourth-order valence-corrected chi connectivity index (χ4v) is 6.69. The van der Waals surface area contributed by atoms with Crippen LogP contribution in [0.1, 0.15) is 66.4 Å². The van der Waals surface area contributed by atoms with Gasteiger partial charge in [0, 0.05) is 24.1 Å². The van der Waals surface area contributed by atoms with E-state index in [1.165, 1.54) is 0 Å². The first-order valence-electron chi connectivity index (χ1n) is 15.0. The number of aliphatic hydroxyl groups excluding tert-OH is 1. The molecule has 0 aromatic heterocycles. The molecule has 6 nitrogen and oxygen atoms in total. The van der Waals surface area contributed by atoms with Gasteiger partial charge in [-0.15, -0.1) is 0 Å². The Bertz CT molecular complexity index is 1360. The molecule has 228 valence electrons. The zero-order valence-electron chi connectivity index (χ0n) is 24.0. The van der Waals surface area contributed by atoms with E-state index in [9.17, 15) is 27.9 Å². The van der Waals surface area contributed by atoms with Crippen LogP contribution < -0.4 is 16.0 Å². The minimum absolute atomic E-state index is 0.00835. The van der Waals surface area contributed by atoms with E-state index in [1.54, 1.807) is 12.1 Å². The van der Waals surface area contributed by atoms with Crippen LogP contribution in [0.4, 0.5) is 13.2 Å². The number of aliphatic hydroxyl groups is 1. The summed E-state index contributed by atoms with van der Waals surface area (Å²) in [6, 6.07) is 24.2. The molecule has 3 aromatic rings. The summed E-state index contributed by atoms with van der Waals surface area (Å²) >= 11 is 0. The van der Waals surface area contributed by atoms with E-state index >= 15 is 0 Å². The third-order valence-corrected chi connectivity index (χ3v) is 8.83. The van der Waals surface area contributed by atoms with Crippen molar-refractivity contribution in [2.24, 2.45) is 5.92 Å². The molecule has 0 aliphatic heterocycles. The number of carbonyl (C=O) groups excluding carboxylic acids is 2. The van der Waals surface area contributed by atoms with Gasteiger partial charge in [0.15, 0.2) is 0 Å². The van der Waals surface area contributed by atoms with Crippen molar-refractivity contribution >= 4 is 11.8 Å². The van der Waals surface area contributed by atoms with Crippen molar-refractivity contribution in [2.75, 3.05) is 13.1 Å². The second kappa shape index (κ2) is 13.3. The lowest BCUT2D eigenvalue weighted by Gasteiger charge is -2.37. The van der Waals surface area contributed by atoms with Crippen molar-refractivity contribution in [1.82, 2.24) is 16.0 Å². The topological polar surface area (TPSA) is 90.5 Å². The van der Waals surface area contributed by atoms with E-state index in [0.717, 1.165) is 35.1 Å². The summed E-state index contributed by atoms with van der Waals surface area (Å²) < 4.78 is 39.3. The van der Waals surface area contributed by atoms with Gasteiger partial charge in [0.1, 0.15) is 6.23 Å². The molecular weight excluding hydrogens is 555 g/mol. The molecule has 0 radical (unpaired) electrons. The van der Waals surface area contributed by atoms with Gasteiger partial charge in [-0.25, -0.2) is 0 Å². The Labute approximate surface area is 250 Å². The molecule has 1 unspecified atom stereocenters. The Morgan fingerprint density at radius 1 is 0.837 bits per heavy atom. The third kappa shape index (κ3) is 6.94. The first kappa shape index (κ1) is 30.8. The average Bonchev–Trinajstić information content (AvgIpc) is 3.30. The van der Waals surface area contributed by atoms with E-state index in [1.807, 2.05) is 66.7 Å². The number of hydrogen-bond donors (Lipinski definition) is 4. The summed E-state index contributed by atoms with van der Waals surface area (Å²) in [6.45, 7) is -0.858. The molecule has 1 atom stereocenters. The predicted octanol–water partition coefficient (Wildman–Crippen LogP) is 5.70.